The van der Waals surface area contributed by atoms with Gasteiger partial charge >= 0.3 is 0 Å². The van der Waals surface area contributed by atoms with Gasteiger partial charge in [-0.3, -0.25) is 0 Å². The Kier molecular flexibility index (Phi) is 9.09. The summed E-state index contributed by atoms with van der Waals surface area (Å²) in [5, 5.41) is 0. The molecule has 0 spiro atoms. The molecule has 0 bridgehead atoms. The molecule has 1 aromatic rings. The fourth-order valence-corrected chi connectivity index (χ4v) is 5.43. The average molecular weight is 420 g/mol. The van der Waals surface area contributed by atoms with Crippen molar-refractivity contribution < 1.29 is 13.2 Å². The van der Waals surface area contributed by atoms with Crippen molar-refractivity contribution in [1.29, 1.82) is 0 Å². The van der Waals surface area contributed by atoms with Crippen LogP contribution in [0.15, 0.2) is 6.07 Å². The Labute approximate surface area is 180 Å². The van der Waals surface area contributed by atoms with Gasteiger partial charge < -0.3 is 0 Å². The van der Waals surface area contributed by atoms with Gasteiger partial charge in [-0.05, 0) is 62.3 Å². The molecule has 30 heavy (non-hydrogen) atoms. The van der Waals surface area contributed by atoms with Crippen molar-refractivity contribution in [2.75, 3.05) is 0 Å². The molecular formula is C26H36F3N. The van der Waals surface area contributed by atoms with Crippen molar-refractivity contribution >= 4 is 0 Å². The molecule has 2 aliphatic rings. The molecule has 0 atom stereocenters. The fourth-order valence-electron chi connectivity index (χ4n) is 5.43. The number of pyridine rings is 1. The largest absolute Gasteiger partial charge is 0.251 e. The van der Waals surface area contributed by atoms with Crippen LogP contribution < -0.4 is 0 Å². The number of hydrogen-bond donors (Lipinski definition) is 0. The highest BCUT2D eigenvalue weighted by molar-refractivity contribution is 5.33. The molecule has 1 nitrogen and oxygen atoms in total. The van der Waals surface area contributed by atoms with Gasteiger partial charge in [0.2, 0.25) is 5.95 Å². The van der Waals surface area contributed by atoms with Gasteiger partial charge in [0.25, 0.3) is 5.95 Å². The molecule has 2 saturated carbocycles. The minimum Gasteiger partial charge on any atom is -0.202 e. The van der Waals surface area contributed by atoms with Crippen molar-refractivity contribution in [2.24, 2.45) is 23.7 Å². The zero-order valence-corrected chi connectivity index (χ0v) is 18.4. The van der Waals surface area contributed by atoms with E-state index >= 15 is 0 Å². The Hall–Kier alpha value is -1.50. The number of aromatic nitrogens is 1. The summed E-state index contributed by atoms with van der Waals surface area (Å²) >= 11 is 0. The van der Waals surface area contributed by atoms with Crippen molar-refractivity contribution in [1.82, 2.24) is 4.98 Å². The van der Waals surface area contributed by atoms with E-state index in [1.807, 2.05) is 0 Å². The van der Waals surface area contributed by atoms with Gasteiger partial charge in [-0.1, -0.05) is 70.1 Å². The van der Waals surface area contributed by atoms with Gasteiger partial charge in [0, 0.05) is 5.92 Å². The Morgan fingerprint density at radius 3 is 2.13 bits per heavy atom. The van der Waals surface area contributed by atoms with Crippen LogP contribution in [0.4, 0.5) is 13.2 Å². The second-order valence-electron chi connectivity index (χ2n) is 9.46. The first kappa shape index (κ1) is 23.2. The normalized spacial score (nSPS) is 26.8. The maximum atomic E-state index is 13.6. The highest BCUT2D eigenvalue weighted by atomic mass is 19.2. The third-order valence-corrected chi connectivity index (χ3v) is 7.34. The van der Waals surface area contributed by atoms with Gasteiger partial charge in [-0.2, -0.15) is 13.8 Å². The summed E-state index contributed by atoms with van der Waals surface area (Å²) in [6.45, 7) is 2.27. The predicted octanol–water partition coefficient (Wildman–Crippen LogP) is 7.82. The SMILES string of the molecule is CCCCCCCC1CCC(C2CCC(C#Cc3cc(F)c(F)nc3F)CC2)CC1. The van der Waals surface area contributed by atoms with E-state index in [0.717, 1.165) is 36.7 Å². The first-order valence-electron chi connectivity index (χ1n) is 12.1. The summed E-state index contributed by atoms with van der Waals surface area (Å²) in [6.07, 6.45) is 18.3. The van der Waals surface area contributed by atoms with E-state index < -0.39 is 17.7 Å². The van der Waals surface area contributed by atoms with E-state index in [1.54, 1.807) is 0 Å². The van der Waals surface area contributed by atoms with Crippen LogP contribution in [-0.2, 0) is 0 Å². The van der Waals surface area contributed by atoms with E-state index in [9.17, 15) is 13.2 Å². The molecule has 1 heterocycles. The van der Waals surface area contributed by atoms with Gasteiger partial charge in [-0.15, -0.1) is 0 Å². The van der Waals surface area contributed by atoms with Gasteiger partial charge in [0.05, 0.1) is 5.56 Å². The lowest BCUT2D eigenvalue weighted by Gasteiger charge is -2.37. The molecule has 0 amide bonds. The van der Waals surface area contributed by atoms with Crippen molar-refractivity contribution in [3.8, 4) is 11.8 Å². The second-order valence-corrected chi connectivity index (χ2v) is 9.46. The summed E-state index contributed by atoms with van der Waals surface area (Å²) in [5.74, 6) is 5.00. The summed E-state index contributed by atoms with van der Waals surface area (Å²) in [7, 11) is 0. The third-order valence-electron chi connectivity index (χ3n) is 7.34. The average Bonchev–Trinajstić information content (AvgIpc) is 2.76. The first-order chi connectivity index (χ1) is 14.6. The number of hydrogen-bond acceptors (Lipinski definition) is 1. The minimum absolute atomic E-state index is 0.149. The maximum Gasteiger partial charge on any atom is 0.251 e. The van der Waals surface area contributed by atoms with Crippen LogP contribution in [0.2, 0.25) is 0 Å². The molecule has 2 aliphatic carbocycles. The van der Waals surface area contributed by atoms with Crippen molar-refractivity contribution in [3.63, 3.8) is 0 Å². The monoisotopic (exact) mass is 419 g/mol. The van der Waals surface area contributed by atoms with Crippen LogP contribution in [0, 0.1) is 53.2 Å². The van der Waals surface area contributed by atoms with Crippen LogP contribution in [0.3, 0.4) is 0 Å². The Balaban J connectivity index is 1.38. The minimum atomic E-state index is -1.41. The predicted molar refractivity (Wildman–Crippen MR) is 115 cm³/mol. The fraction of sp³-hybridized carbons (Fsp3) is 0.731. The summed E-state index contributed by atoms with van der Waals surface area (Å²) < 4.78 is 39.8. The molecule has 2 fully saturated rings. The van der Waals surface area contributed by atoms with E-state index in [-0.39, 0.29) is 11.5 Å². The highest BCUT2D eigenvalue weighted by Gasteiger charge is 2.30. The lowest BCUT2D eigenvalue weighted by Crippen LogP contribution is -2.25. The van der Waals surface area contributed by atoms with Gasteiger partial charge in [0.15, 0.2) is 5.82 Å². The number of nitrogens with zero attached hydrogens (tertiary/aromatic N) is 1. The molecule has 0 radical (unpaired) electrons. The molecule has 0 N–H and O–H groups in total. The van der Waals surface area contributed by atoms with Crippen LogP contribution >= 0.6 is 0 Å². The number of halogens is 3. The van der Waals surface area contributed by atoms with Crippen molar-refractivity contribution in [2.45, 2.75) is 96.8 Å². The Bertz CT molecular complexity index is 720. The van der Waals surface area contributed by atoms with E-state index in [4.69, 9.17) is 0 Å². The third kappa shape index (κ3) is 6.76. The molecule has 0 saturated heterocycles. The molecule has 0 unspecified atom stereocenters. The molecule has 0 aliphatic heterocycles. The first-order valence-corrected chi connectivity index (χ1v) is 12.1. The van der Waals surface area contributed by atoms with Gasteiger partial charge in [-0.25, -0.2) is 4.39 Å². The summed E-state index contributed by atoms with van der Waals surface area (Å²) in [5.41, 5.74) is -0.149. The lowest BCUT2D eigenvalue weighted by atomic mass is 9.69. The number of unbranched alkanes of at least 4 members (excludes halogenated alkanes) is 4. The second kappa shape index (κ2) is 11.8. The summed E-state index contributed by atoms with van der Waals surface area (Å²) in [6, 6.07) is 0.804. The molecule has 3 rings (SSSR count). The lowest BCUT2D eigenvalue weighted by molar-refractivity contribution is 0.153. The van der Waals surface area contributed by atoms with Crippen LogP contribution in [0.25, 0.3) is 0 Å². The molecule has 4 heteroatoms. The maximum absolute atomic E-state index is 13.6. The van der Waals surface area contributed by atoms with Crippen LogP contribution in [-0.4, -0.2) is 4.98 Å². The van der Waals surface area contributed by atoms with Crippen molar-refractivity contribution in [3.05, 3.63) is 29.3 Å². The van der Waals surface area contributed by atoms with Crippen LogP contribution in [0.1, 0.15) is 102 Å². The number of rotatable bonds is 7. The topological polar surface area (TPSA) is 12.9 Å². The molecular weight excluding hydrogens is 383 g/mol. The van der Waals surface area contributed by atoms with E-state index in [2.05, 4.69) is 23.7 Å². The molecule has 0 aromatic carbocycles. The quantitative estimate of drug-likeness (QED) is 0.249. The Morgan fingerprint density at radius 1 is 0.833 bits per heavy atom. The molecule has 166 valence electrons. The summed E-state index contributed by atoms with van der Waals surface area (Å²) in [4.78, 5) is 2.94. The smallest absolute Gasteiger partial charge is 0.202 e. The highest BCUT2D eigenvalue weighted by Crippen LogP contribution is 2.42. The van der Waals surface area contributed by atoms with E-state index in [1.165, 1.54) is 77.0 Å². The zero-order valence-electron chi connectivity index (χ0n) is 18.4. The van der Waals surface area contributed by atoms with Crippen LogP contribution in [0.5, 0.6) is 0 Å². The standard InChI is InChI=1S/C26H36F3N/c1-2-3-4-5-6-7-19-8-13-21(14-9-19)22-15-10-20(11-16-22)12-17-23-18-24(27)26(29)30-25(23)28/h18-22H,2-11,13-16H2,1H3. The Morgan fingerprint density at radius 2 is 1.47 bits per heavy atom. The molecule has 1 aromatic heterocycles. The zero-order chi connectivity index (χ0) is 21.3. The van der Waals surface area contributed by atoms with Gasteiger partial charge in [0.1, 0.15) is 0 Å². The van der Waals surface area contributed by atoms with E-state index in [0.29, 0.717) is 0 Å².